The number of rotatable bonds is 8. The molecule has 0 unspecified atom stereocenters. The number of hydrogen-bond donors (Lipinski definition) is 1. The first-order chi connectivity index (χ1) is 10.7. The van der Waals surface area contributed by atoms with E-state index in [4.69, 9.17) is 10.5 Å². The van der Waals surface area contributed by atoms with E-state index in [1.165, 1.54) is 0 Å². The van der Waals surface area contributed by atoms with E-state index in [-0.39, 0.29) is 12.5 Å². The van der Waals surface area contributed by atoms with Crippen molar-refractivity contribution in [3.63, 3.8) is 0 Å². The van der Waals surface area contributed by atoms with Gasteiger partial charge in [0.15, 0.2) is 6.61 Å². The minimum atomic E-state index is -0.561. The second kappa shape index (κ2) is 8.56. The Bertz CT molecular complexity index is 543. The molecule has 0 aliphatic carbocycles. The van der Waals surface area contributed by atoms with Crippen LogP contribution in [0.3, 0.4) is 0 Å². The maximum absolute atomic E-state index is 12.4. The third kappa shape index (κ3) is 6.30. The standard InChI is InChI=1S/C18H28N2O3/c1-12(2)9-20(10-13(3)4)17(21)11-23-16-8-14(5)6-7-15(16)18(19)22/h6-8,12-13H,9-11H2,1-5H3,(H2,19,22). The van der Waals surface area contributed by atoms with Gasteiger partial charge in [-0.15, -0.1) is 0 Å². The van der Waals surface area contributed by atoms with Crippen LogP contribution in [0.4, 0.5) is 0 Å². The zero-order valence-corrected chi connectivity index (χ0v) is 14.8. The summed E-state index contributed by atoms with van der Waals surface area (Å²) in [6, 6.07) is 5.14. The van der Waals surface area contributed by atoms with Crippen LogP contribution in [0.2, 0.25) is 0 Å². The minimum absolute atomic E-state index is 0.0793. The Morgan fingerprint density at radius 2 is 1.70 bits per heavy atom. The second-order valence-electron chi connectivity index (χ2n) is 6.74. The molecule has 23 heavy (non-hydrogen) atoms. The second-order valence-corrected chi connectivity index (χ2v) is 6.74. The van der Waals surface area contributed by atoms with Crippen LogP contribution < -0.4 is 10.5 Å². The molecule has 0 saturated heterocycles. The smallest absolute Gasteiger partial charge is 0.260 e. The van der Waals surface area contributed by atoms with Gasteiger partial charge in [-0.2, -0.15) is 0 Å². The summed E-state index contributed by atoms with van der Waals surface area (Å²) in [4.78, 5) is 25.7. The fraction of sp³-hybridized carbons (Fsp3) is 0.556. The molecule has 1 rings (SSSR count). The van der Waals surface area contributed by atoms with Crippen molar-refractivity contribution in [3.05, 3.63) is 29.3 Å². The van der Waals surface area contributed by atoms with Crippen molar-refractivity contribution in [2.75, 3.05) is 19.7 Å². The van der Waals surface area contributed by atoms with Crippen LogP contribution in [0.5, 0.6) is 5.75 Å². The van der Waals surface area contributed by atoms with E-state index in [1.54, 1.807) is 18.2 Å². The van der Waals surface area contributed by atoms with Crippen molar-refractivity contribution in [1.29, 1.82) is 0 Å². The van der Waals surface area contributed by atoms with Crippen molar-refractivity contribution in [2.24, 2.45) is 17.6 Å². The highest BCUT2D eigenvalue weighted by atomic mass is 16.5. The Labute approximate surface area is 138 Å². The molecule has 0 spiro atoms. The molecule has 0 saturated carbocycles. The highest BCUT2D eigenvalue weighted by Crippen LogP contribution is 2.20. The predicted molar refractivity (Wildman–Crippen MR) is 91.4 cm³/mol. The molecule has 2 N–H and O–H groups in total. The lowest BCUT2D eigenvalue weighted by Gasteiger charge is -2.26. The lowest BCUT2D eigenvalue weighted by molar-refractivity contribution is -0.134. The third-order valence-corrected chi connectivity index (χ3v) is 3.28. The number of aryl methyl sites for hydroxylation is 1. The Kier molecular flexibility index (Phi) is 7.07. The van der Waals surface area contributed by atoms with Crippen LogP contribution in [0.1, 0.15) is 43.6 Å². The summed E-state index contributed by atoms with van der Waals surface area (Å²) in [6.45, 7) is 11.5. The van der Waals surface area contributed by atoms with E-state index in [1.807, 2.05) is 11.8 Å². The molecule has 128 valence electrons. The summed E-state index contributed by atoms with van der Waals surface area (Å²) in [7, 11) is 0. The normalized spacial score (nSPS) is 10.9. The molecule has 1 aromatic rings. The Hall–Kier alpha value is -2.04. The van der Waals surface area contributed by atoms with Crippen LogP contribution in [-0.2, 0) is 4.79 Å². The summed E-state index contributed by atoms with van der Waals surface area (Å²) in [5.74, 6) is 0.494. The van der Waals surface area contributed by atoms with Crippen LogP contribution in [0, 0.1) is 18.8 Å². The Morgan fingerprint density at radius 3 is 2.17 bits per heavy atom. The number of amides is 2. The zero-order chi connectivity index (χ0) is 17.6. The van der Waals surface area contributed by atoms with E-state index in [9.17, 15) is 9.59 Å². The molecule has 0 aromatic heterocycles. The maximum atomic E-state index is 12.4. The first-order valence-corrected chi connectivity index (χ1v) is 8.01. The quantitative estimate of drug-likeness (QED) is 0.800. The lowest BCUT2D eigenvalue weighted by atomic mass is 10.1. The van der Waals surface area contributed by atoms with Gasteiger partial charge in [-0.1, -0.05) is 33.8 Å². The van der Waals surface area contributed by atoms with Crippen molar-refractivity contribution < 1.29 is 14.3 Å². The van der Waals surface area contributed by atoms with Crippen molar-refractivity contribution >= 4 is 11.8 Å². The van der Waals surface area contributed by atoms with Gasteiger partial charge in [0.2, 0.25) is 0 Å². The summed E-state index contributed by atoms with van der Waals surface area (Å²) in [6.07, 6.45) is 0. The lowest BCUT2D eigenvalue weighted by Crippen LogP contribution is -2.40. The van der Waals surface area contributed by atoms with Crippen molar-refractivity contribution in [2.45, 2.75) is 34.6 Å². The van der Waals surface area contributed by atoms with Crippen LogP contribution in [0.15, 0.2) is 18.2 Å². The zero-order valence-electron chi connectivity index (χ0n) is 14.8. The number of carbonyl (C=O) groups excluding carboxylic acids is 2. The van der Waals surface area contributed by atoms with Gasteiger partial charge >= 0.3 is 0 Å². The van der Waals surface area contributed by atoms with E-state index in [0.717, 1.165) is 5.56 Å². The van der Waals surface area contributed by atoms with E-state index in [2.05, 4.69) is 27.7 Å². The van der Waals surface area contributed by atoms with Gasteiger partial charge in [0, 0.05) is 13.1 Å². The predicted octanol–water partition coefficient (Wildman–Crippen LogP) is 2.61. The Morgan fingerprint density at radius 1 is 1.13 bits per heavy atom. The minimum Gasteiger partial charge on any atom is -0.483 e. The van der Waals surface area contributed by atoms with Crippen molar-refractivity contribution in [1.82, 2.24) is 4.90 Å². The van der Waals surface area contributed by atoms with Crippen LogP contribution >= 0.6 is 0 Å². The molecule has 0 heterocycles. The first-order valence-electron chi connectivity index (χ1n) is 8.01. The molecule has 2 amide bonds. The van der Waals surface area contributed by atoms with Gasteiger partial charge in [-0.05, 0) is 36.5 Å². The van der Waals surface area contributed by atoms with Gasteiger partial charge in [0.25, 0.3) is 11.8 Å². The third-order valence-electron chi connectivity index (χ3n) is 3.28. The van der Waals surface area contributed by atoms with Gasteiger partial charge in [-0.25, -0.2) is 0 Å². The molecule has 0 bridgehead atoms. The highest BCUT2D eigenvalue weighted by molar-refractivity contribution is 5.95. The summed E-state index contributed by atoms with van der Waals surface area (Å²) in [5, 5.41) is 0. The average Bonchev–Trinajstić information content (AvgIpc) is 2.42. The maximum Gasteiger partial charge on any atom is 0.260 e. The highest BCUT2D eigenvalue weighted by Gasteiger charge is 2.18. The number of hydrogen-bond acceptors (Lipinski definition) is 3. The van der Waals surface area contributed by atoms with Gasteiger partial charge in [-0.3, -0.25) is 9.59 Å². The summed E-state index contributed by atoms with van der Waals surface area (Å²) >= 11 is 0. The number of nitrogens with zero attached hydrogens (tertiary/aromatic N) is 1. The number of benzene rings is 1. The van der Waals surface area contributed by atoms with Gasteiger partial charge in [0.05, 0.1) is 5.56 Å². The van der Waals surface area contributed by atoms with E-state index >= 15 is 0 Å². The monoisotopic (exact) mass is 320 g/mol. The Balaban J connectivity index is 2.80. The van der Waals surface area contributed by atoms with Gasteiger partial charge in [0.1, 0.15) is 5.75 Å². The van der Waals surface area contributed by atoms with E-state index < -0.39 is 5.91 Å². The summed E-state index contributed by atoms with van der Waals surface area (Å²) in [5.41, 5.74) is 6.59. The first kappa shape index (κ1) is 19.0. The molecule has 5 nitrogen and oxygen atoms in total. The number of ether oxygens (including phenoxy) is 1. The fourth-order valence-corrected chi connectivity index (χ4v) is 2.34. The van der Waals surface area contributed by atoms with E-state index in [0.29, 0.717) is 36.2 Å². The molecule has 0 atom stereocenters. The molecular weight excluding hydrogens is 292 g/mol. The topological polar surface area (TPSA) is 72.6 Å². The largest absolute Gasteiger partial charge is 0.483 e. The van der Waals surface area contributed by atoms with Gasteiger partial charge < -0.3 is 15.4 Å². The number of nitrogens with two attached hydrogens (primary N) is 1. The molecule has 0 aliphatic rings. The molecular formula is C18H28N2O3. The molecule has 5 heteroatoms. The van der Waals surface area contributed by atoms with Crippen LogP contribution in [0.25, 0.3) is 0 Å². The molecule has 1 aromatic carbocycles. The van der Waals surface area contributed by atoms with Crippen LogP contribution in [-0.4, -0.2) is 36.4 Å². The fourth-order valence-electron chi connectivity index (χ4n) is 2.34. The molecule has 0 fully saturated rings. The van der Waals surface area contributed by atoms with Crippen molar-refractivity contribution in [3.8, 4) is 5.75 Å². The molecule has 0 aliphatic heterocycles. The SMILES string of the molecule is Cc1ccc(C(N)=O)c(OCC(=O)N(CC(C)C)CC(C)C)c1. The molecule has 0 radical (unpaired) electrons. The number of primary amides is 1. The average molecular weight is 320 g/mol. The number of carbonyl (C=O) groups is 2. The summed E-state index contributed by atoms with van der Waals surface area (Å²) < 4.78 is 5.59.